The van der Waals surface area contributed by atoms with Gasteiger partial charge in [0, 0.05) is 11.5 Å². The van der Waals surface area contributed by atoms with Crippen LogP contribution in [-0.2, 0) is 27.1 Å². The molecule has 1 fully saturated rings. The molecule has 0 spiro atoms. The lowest BCUT2D eigenvalue weighted by Gasteiger charge is -2.36. The maximum atomic E-state index is 12.5. The molecule has 0 aromatic carbocycles. The van der Waals surface area contributed by atoms with Crippen LogP contribution in [0.3, 0.4) is 0 Å². The quantitative estimate of drug-likeness (QED) is 0.779. The van der Waals surface area contributed by atoms with Crippen molar-refractivity contribution in [2.45, 2.75) is 65.4 Å². The number of ether oxygens (including phenoxy) is 2. The lowest BCUT2D eigenvalue weighted by molar-refractivity contribution is -0.124. The summed E-state index contributed by atoms with van der Waals surface area (Å²) in [7, 11) is 1.39. The molecule has 1 aliphatic carbocycles. The van der Waals surface area contributed by atoms with E-state index in [0.717, 1.165) is 44.1 Å². The van der Waals surface area contributed by atoms with E-state index in [4.69, 9.17) is 9.47 Å². The summed E-state index contributed by atoms with van der Waals surface area (Å²) in [5.41, 5.74) is 1.88. The van der Waals surface area contributed by atoms with Gasteiger partial charge in [-0.25, -0.2) is 4.79 Å². The predicted octanol–water partition coefficient (Wildman–Crippen LogP) is 4.19. The second kappa shape index (κ2) is 7.69. The van der Waals surface area contributed by atoms with Gasteiger partial charge in [0.25, 0.3) is 5.91 Å². The van der Waals surface area contributed by atoms with Gasteiger partial charge in [0.2, 0.25) is 0 Å². The van der Waals surface area contributed by atoms with Gasteiger partial charge in [-0.2, -0.15) is 0 Å². The highest BCUT2D eigenvalue weighted by atomic mass is 32.1. The minimum atomic E-state index is -0.411. The lowest BCUT2D eigenvalue weighted by atomic mass is 9.69. The van der Waals surface area contributed by atoms with Crippen LogP contribution in [0.5, 0.6) is 0 Å². The van der Waals surface area contributed by atoms with Crippen molar-refractivity contribution in [3.05, 3.63) is 16.0 Å². The average molecular weight is 380 g/mol. The van der Waals surface area contributed by atoms with E-state index in [-0.39, 0.29) is 17.3 Å². The molecule has 1 amide bonds. The summed E-state index contributed by atoms with van der Waals surface area (Å²) in [5, 5.41) is 3.57. The normalized spacial score (nSPS) is 22.8. The second-order valence-corrected chi connectivity index (χ2v) is 9.08. The Morgan fingerprint density at radius 2 is 2.12 bits per heavy atom. The number of thiophene rings is 1. The minimum absolute atomic E-state index is 0.156. The van der Waals surface area contributed by atoms with E-state index in [1.165, 1.54) is 23.3 Å². The van der Waals surface area contributed by atoms with E-state index in [0.29, 0.717) is 23.1 Å². The molecule has 1 N–H and O–H groups in total. The number of carbonyl (C=O) groups is 2. The molecule has 0 radical (unpaired) electrons. The molecule has 2 heterocycles. The van der Waals surface area contributed by atoms with Crippen LogP contribution >= 0.6 is 11.3 Å². The number of esters is 1. The highest BCUT2D eigenvalue weighted by Gasteiger charge is 2.36. The Morgan fingerprint density at radius 1 is 1.35 bits per heavy atom. The first-order valence-electron chi connectivity index (χ1n) is 9.52. The van der Waals surface area contributed by atoms with E-state index < -0.39 is 6.10 Å². The minimum Gasteiger partial charge on any atom is -0.465 e. The van der Waals surface area contributed by atoms with Crippen LogP contribution in [-0.4, -0.2) is 31.7 Å². The van der Waals surface area contributed by atoms with Gasteiger partial charge in [-0.15, -0.1) is 11.3 Å². The monoisotopic (exact) mass is 379 g/mol. The summed E-state index contributed by atoms with van der Waals surface area (Å²) >= 11 is 1.53. The zero-order valence-electron chi connectivity index (χ0n) is 16.1. The van der Waals surface area contributed by atoms with E-state index in [1.807, 2.05) is 0 Å². The van der Waals surface area contributed by atoms with Crippen molar-refractivity contribution in [1.29, 1.82) is 0 Å². The first-order valence-corrected chi connectivity index (χ1v) is 10.3. The molecule has 2 aliphatic rings. The molecule has 3 rings (SSSR count). The van der Waals surface area contributed by atoms with Crippen molar-refractivity contribution >= 4 is 28.2 Å². The molecule has 1 aliphatic heterocycles. The molecular formula is C20H29NO4S. The number of carbonyl (C=O) groups excluding carboxylic acids is 2. The fourth-order valence-electron chi connectivity index (χ4n) is 3.92. The third-order valence-electron chi connectivity index (χ3n) is 6.13. The summed E-state index contributed by atoms with van der Waals surface area (Å²) in [5.74, 6) is 0.0703. The highest BCUT2D eigenvalue weighted by molar-refractivity contribution is 7.17. The van der Waals surface area contributed by atoms with Gasteiger partial charge in [0.05, 0.1) is 12.7 Å². The maximum absolute atomic E-state index is 12.5. The van der Waals surface area contributed by atoms with Crippen LogP contribution < -0.4 is 5.32 Å². The van der Waals surface area contributed by atoms with Gasteiger partial charge in [-0.3, -0.25) is 4.79 Å². The van der Waals surface area contributed by atoms with Crippen LogP contribution in [0, 0.1) is 11.3 Å². The average Bonchev–Trinajstić information content (AvgIpc) is 3.28. The number of amides is 1. The molecule has 0 saturated carbocycles. The van der Waals surface area contributed by atoms with Crippen molar-refractivity contribution in [2.24, 2.45) is 11.3 Å². The molecule has 26 heavy (non-hydrogen) atoms. The molecular weight excluding hydrogens is 350 g/mol. The Bertz CT molecular complexity index is 688. The SMILES string of the molecule is CCC(C)(C)C1CCc2c(sc(NC(=O)C3CCCO3)c2C(=O)OC)C1. The van der Waals surface area contributed by atoms with E-state index in [2.05, 4.69) is 26.1 Å². The zero-order valence-corrected chi connectivity index (χ0v) is 17.0. The summed E-state index contributed by atoms with van der Waals surface area (Å²) < 4.78 is 10.5. The molecule has 2 atom stereocenters. The Kier molecular flexibility index (Phi) is 5.72. The van der Waals surface area contributed by atoms with Crippen molar-refractivity contribution in [2.75, 3.05) is 19.0 Å². The standard InChI is InChI=1S/C20H29NO4S/c1-5-20(2,3)12-8-9-13-15(11-12)26-18(16(13)19(23)24-4)21-17(22)14-7-6-10-25-14/h12,14H,5-11H2,1-4H3,(H,21,22). The topological polar surface area (TPSA) is 64.6 Å². The molecule has 1 aromatic rings. The third-order valence-corrected chi connectivity index (χ3v) is 7.30. The molecule has 5 nitrogen and oxygen atoms in total. The number of rotatable bonds is 5. The van der Waals surface area contributed by atoms with Crippen LogP contribution in [0.25, 0.3) is 0 Å². The molecule has 2 unspecified atom stereocenters. The van der Waals surface area contributed by atoms with E-state index in [9.17, 15) is 9.59 Å². The fourth-order valence-corrected chi connectivity index (χ4v) is 5.24. The van der Waals surface area contributed by atoms with E-state index in [1.54, 1.807) is 0 Å². The number of fused-ring (bicyclic) bond motifs is 1. The molecule has 0 bridgehead atoms. The van der Waals surface area contributed by atoms with Gasteiger partial charge < -0.3 is 14.8 Å². The van der Waals surface area contributed by atoms with Crippen LogP contribution in [0.1, 0.15) is 67.3 Å². The van der Waals surface area contributed by atoms with Crippen LogP contribution in [0.2, 0.25) is 0 Å². The van der Waals surface area contributed by atoms with Crippen LogP contribution in [0.15, 0.2) is 0 Å². The first kappa shape index (κ1) is 19.4. The van der Waals surface area contributed by atoms with Gasteiger partial charge in [0.15, 0.2) is 0 Å². The number of hydrogen-bond acceptors (Lipinski definition) is 5. The highest BCUT2D eigenvalue weighted by Crippen LogP contribution is 2.45. The van der Waals surface area contributed by atoms with Gasteiger partial charge in [-0.1, -0.05) is 27.2 Å². The summed E-state index contributed by atoms with van der Waals surface area (Å²) in [6.07, 6.45) is 5.24. The first-order chi connectivity index (χ1) is 12.4. The maximum Gasteiger partial charge on any atom is 0.341 e. The summed E-state index contributed by atoms with van der Waals surface area (Å²) in [6, 6.07) is 0. The molecule has 1 saturated heterocycles. The fraction of sp³-hybridized carbons (Fsp3) is 0.700. The largest absolute Gasteiger partial charge is 0.465 e. The van der Waals surface area contributed by atoms with Gasteiger partial charge in [0.1, 0.15) is 11.1 Å². The second-order valence-electron chi connectivity index (χ2n) is 7.97. The summed E-state index contributed by atoms with van der Waals surface area (Å²) in [4.78, 5) is 26.1. The van der Waals surface area contributed by atoms with Crippen molar-refractivity contribution in [3.63, 3.8) is 0 Å². The third kappa shape index (κ3) is 3.67. The number of anilines is 1. The smallest absolute Gasteiger partial charge is 0.341 e. The molecule has 1 aromatic heterocycles. The number of hydrogen-bond donors (Lipinski definition) is 1. The van der Waals surface area contributed by atoms with Crippen molar-refractivity contribution in [3.8, 4) is 0 Å². The Labute approximate surface area is 159 Å². The zero-order chi connectivity index (χ0) is 18.9. The number of methoxy groups -OCH3 is 1. The Hall–Kier alpha value is -1.40. The molecule has 144 valence electrons. The van der Waals surface area contributed by atoms with Gasteiger partial charge in [-0.05, 0) is 49.0 Å². The Morgan fingerprint density at radius 3 is 2.73 bits per heavy atom. The Balaban J connectivity index is 1.88. The lowest BCUT2D eigenvalue weighted by Crippen LogP contribution is -2.29. The predicted molar refractivity (Wildman–Crippen MR) is 103 cm³/mol. The van der Waals surface area contributed by atoms with Crippen LogP contribution in [0.4, 0.5) is 5.00 Å². The van der Waals surface area contributed by atoms with Crippen molar-refractivity contribution < 1.29 is 19.1 Å². The van der Waals surface area contributed by atoms with Crippen molar-refractivity contribution in [1.82, 2.24) is 0 Å². The van der Waals surface area contributed by atoms with E-state index >= 15 is 0 Å². The summed E-state index contributed by atoms with van der Waals surface area (Å²) in [6.45, 7) is 7.49. The number of nitrogens with one attached hydrogen (secondary N) is 1. The van der Waals surface area contributed by atoms with Gasteiger partial charge >= 0.3 is 5.97 Å². The molecule has 6 heteroatoms.